The molecular weight excluding hydrogens is 324 g/mol. The average Bonchev–Trinajstić information content (AvgIpc) is 2.72. The van der Waals surface area contributed by atoms with Gasteiger partial charge in [-0.05, 0) is 37.8 Å². The van der Waals surface area contributed by atoms with Gasteiger partial charge in [-0.3, -0.25) is 0 Å². The maximum atomic E-state index is 12.4. The Hall–Kier alpha value is -0.960. The summed E-state index contributed by atoms with van der Waals surface area (Å²) >= 11 is 0. The van der Waals surface area contributed by atoms with Crippen molar-refractivity contribution in [3.8, 4) is 0 Å². The highest BCUT2D eigenvalue weighted by atomic mass is 32.2. The van der Waals surface area contributed by atoms with Gasteiger partial charge in [0.15, 0.2) is 0 Å². The molecule has 2 aliphatic heterocycles. The summed E-state index contributed by atoms with van der Waals surface area (Å²) in [5.74, 6) is 0. The third-order valence-corrected chi connectivity index (χ3v) is 7.32. The molecule has 2 saturated heterocycles. The van der Waals surface area contributed by atoms with Gasteiger partial charge in [0.25, 0.3) is 0 Å². The second-order valence-corrected chi connectivity index (χ2v) is 9.68. The van der Waals surface area contributed by atoms with Gasteiger partial charge < -0.3 is 0 Å². The molecule has 2 atom stereocenters. The summed E-state index contributed by atoms with van der Waals surface area (Å²) in [7, 11) is -6.77. The summed E-state index contributed by atoms with van der Waals surface area (Å²) in [5.41, 5.74) is 0. The molecule has 2 heterocycles. The van der Waals surface area contributed by atoms with E-state index in [1.54, 1.807) is 34.6 Å². The van der Waals surface area contributed by atoms with Gasteiger partial charge in [-0.15, -0.1) is 0 Å². The Morgan fingerprint density at radius 2 is 1.55 bits per heavy atom. The molecule has 0 radical (unpaired) electrons. The van der Waals surface area contributed by atoms with E-state index in [1.807, 2.05) is 0 Å². The maximum absolute atomic E-state index is 12.4. The van der Waals surface area contributed by atoms with E-state index in [-0.39, 0.29) is 23.0 Å². The topological polar surface area (TPSA) is 83.6 Å². The first-order valence-corrected chi connectivity index (χ1v) is 10.7. The predicted octanol–water partition coefficient (Wildman–Crippen LogP) is 0.920. The van der Waals surface area contributed by atoms with Crippen LogP contribution in [0.4, 0.5) is 0 Å². The van der Waals surface area contributed by atoms with Gasteiger partial charge in [0.2, 0.25) is 20.0 Å². The number of hydrogen-bond acceptors (Lipinski definition) is 4. The first-order valence-electron chi connectivity index (χ1n) is 7.33. The van der Waals surface area contributed by atoms with Crippen LogP contribution in [0.2, 0.25) is 0 Å². The number of piperidine rings is 1. The molecule has 0 amide bonds. The van der Waals surface area contributed by atoms with E-state index < -0.39 is 20.0 Å². The summed E-state index contributed by atoms with van der Waals surface area (Å²) in [5, 5.41) is 0. The fourth-order valence-corrected chi connectivity index (χ4v) is 6.41. The molecule has 8 heteroatoms. The lowest BCUT2D eigenvalue weighted by Gasteiger charge is -2.37. The molecule has 122 valence electrons. The molecule has 2 bridgehead atoms. The highest BCUT2D eigenvalue weighted by Crippen LogP contribution is 2.37. The molecule has 0 spiro atoms. The van der Waals surface area contributed by atoms with Crippen LogP contribution in [-0.4, -0.2) is 45.5 Å². The molecule has 22 heavy (non-hydrogen) atoms. The van der Waals surface area contributed by atoms with Crippen molar-refractivity contribution in [1.29, 1.82) is 0 Å². The Balaban J connectivity index is 1.75. The number of hydrogen-bond donors (Lipinski definition) is 1. The van der Waals surface area contributed by atoms with Gasteiger partial charge in [-0.1, -0.05) is 18.2 Å². The molecule has 6 nitrogen and oxygen atoms in total. The molecule has 0 aromatic heterocycles. The zero-order chi connectivity index (χ0) is 16.0. The van der Waals surface area contributed by atoms with Crippen molar-refractivity contribution in [1.82, 2.24) is 9.03 Å². The summed E-state index contributed by atoms with van der Waals surface area (Å²) in [4.78, 5) is 0.243. The van der Waals surface area contributed by atoms with Crippen LogP contribution < -0.4 is 4.72 Å². The van der Waals surface area contributed by atoms with Gasteiger partial charge in [-0.2, -0.15) is 4.31 Å². The van der Waals surface area contributed by atoms with Crippen LogP contribution >= 0.6 is 0 Å². The smallest absolute Gasteiger partial charge is 0.212 e. The molecule has 1 aromatic carbocycles. The highest BCUT2D eigenvalue weighted by molar-refractivity contribution is 7.89. The van der Waals surface area contributed by atoms with Crippen LogP contribution in [0.25, 0.3) is 0 Å². The highest BCUT2D eigenvalue weighted by Gasteiger charge is 2.45. The second kappa shape index (κ2) is 5.59. The van der Waals surface area contributed by atoms with Gasteiger partial charge >= 0.3 is 0 Å². The predicted molar refractivity (Wildman–Crippen MR) is 83.3 cm³/mol. The largest absolute Gasteiger partial charge is 0.240 e. The third-order valence-electron chi connectivity index (χ3n) is 4.42. The van der Waals surface area contributed by atoms with Crippen molar-refractivity contribution in [2.45, 2.75) is 48.7 Å². The fourth-order valence-electron chi connectivity index (χ4n) is 3.66. The molecule has 2 aliphatic rings. The summed E-state index contributed by atoms with van der Waals surface area (Å²) < 4.78 is 52.7. The number of fused-ring (bicyclic) bond motifs is 2. The second-order valence-electron chi connectivity index (χ2n) is 6.08. The van der Waals surface area contributed by atoms with Crippen LogP contribution in [0.15, 0.2) is 35.2 Å². The van der Waals surface area contributed by atoms with Crippen molar-refractivity contribution in [3.63, 3.8) is 0 Å². The maximum Gasteiger partial charge on any atom is 0.240 e. The van der Waals surface area contributed by atoms with E-state index >= 15 is 0 Å². The van der Waals surface area contributed by atoms with E-state index in [2.05, 4.69) is 4.72 Å². The molecule has 1 N–H and O–H groups in total. The molecule has 2 unspecified atom stereocenters. The zero-order valence-corrected chi connectivity index (χ0v) is 14.0. The summed E-state index contributed by atoms with van der Waals surface area (Å²) in [6.45, 7) is 0. The van der Waals surface area contributed by atoms with E-state index in [0.717, 1.165) is 12.8 Å². The molecule has 2 fully saturated rings. The Morgan fingerprint density at radius 3 is 2.05 bits per heavy atom. The summed E-state index contributed by atoms with van der Waals surface area (Å²) in [6, 6.07) is 7.87. The van der Waals surface area contributed by atoms with Gasteiger partial charge in [-0.25, -0.2) is 21.6 Å². The zero-order valence-electron chi connectivity index (χ0n) is 12.3. The lowest BCUT2D eigenvalue weighted by Crippen LogP contribution is -2.51. The van der Waals surface area contributed by atoms with Gasteiger partial charge in [0, 0.05) is 18.1 Å². The van der Waals surface area contributed by atoms with E-state index in [0.29, 0.717) is 12.8 Å². The van der Waals surface area contributed by atoms with Crippen LogP contribution in [0.3, 0.4) is 0 Å². The average molecular weight is 344 g/mol. The normalized spacial score (nSPS) is 29.6. The van der Waals surface area contributed by atoms with Gasteiger partial charge in [0.05, 0.1) is 11.2 Å². The summed E-state index contributed by atoms with van der Waals surface area (Å²) in [6.07, 6.45) is 3.92. The quantitative estimate of drug-likeness (QED) is 0.880. The van der Waals surface area contributed by atoms with Crippen LogP contribution in [0.1, 0.15) is 25.7 Å². The Labute approximate surface area is 131 Å². The monoisotopic (exact) mass is 344 g/mol. The lowest BCUT2D eigenvalue weighted by molar-refractivity contribution is 0.221. The van der Waals surface area contributed by atoms with E-state index in [1.165, 1.54) is 6.26 Å². The minimum Gasteiger partial charge on any atom is -0.212 e. The van der Waals surface area contributed by atoms with Crippen molar-refractivity contribution in [3.05, 3.63) is 30.3 Å². The SMILES string of the molecule is CS(=O)(=O)N1C2CCC1CC(NS(=O)(=O)c1ccccc1)C2. The Bertz CT molecular complexity index is 732. The number of nitrogens with zero attached hydrogens (tertiary/aromatic N) is 1. The standard InChI is InChI=1S/C14H20N2O4S2/c1-21(17,18)16-12-7-8-13(16)10-11(9-12)15-22(19,20)14-5-3-2-4-6-14/h2-6,11-13,15H,7-10H2,1H3. The third kappa shape index (κ3) is 3.05. The van der Waals surface area contributed by atoms with Gasteiger partial charge in [0.1, 0.15) is 0 Å². The molecular formula is C14H20N2O4S2. The Kier molecular flexibility index (Phi) is 4.05. The number of nitrogens with one attached hydrogen (secondary N) is 1. The molecule has 0 aliphatic carbocycles. The Morgan fingerprint density at radius 1 is 1.00 bits per heavy atom. The number of benzene rings is 1. The van der Waals surface area contributed by atoms with Crippen LogP contribution in [-0.2, 0) is 20.0 Å². The lowest BCUT2D eigenvalue weighted by atomic mass is 10.0. The molecule has 0 saturated carbocycles. The minimum absolute atomic E-state index is 0.0859. The van der Waals surface area contributed by atoms with Crippen molar-refractivity contribution < 1.29 is 16.8 Å². The first-order chi connectivity index (χ1) is 10.3. The fraction of sp³-hybridized carbons (Fsp3) is 0.571. The van der Waals surface area contributed by atoms with E-state index in [4.69, 9.17) is 0 Å². The van der Waals surface area contributed by atoms with Crippen LogP contribution in [0, 0.1) is 0 Å². The first kappa shape index (κ1) is 15.9. The minimum atomic E-state index is -3.55. The van der Waals surface area contributed by atoms with Crippen molar-refractivity contribution >= 4 is 20.0 Å². The van der Waals surface area contributed by atoms with Crippen LogP contribution in [0.5, 0.6) is 0 Å². The number of rotatable bonds is 4. The van der Waals surface area contributed by atoms with Crippen molar-refractivity contribution in [2.75, 3.05) is 6.26 Å². The van der Waals surface area contributed by atoms with E-state index in [9.17, 15) is 16.8 Å². The molecule has 1 aromatic rings. The van der Waals surface area contributed by atoms with Crippen molar-refractivity contribution in [2.24, 2.45) is 0 Å². The molecule has 3 rings (SSSR count). The number of sulfonamides is 2.